The lowest BCUT2D eigenvalue weighted by Crippen LogP contribution is -2.42. The lowest BCUT2D eigenvalue weighted by atomic mass is 10.1. The number of carbonyl (C=O) groups is 3. The Morgan fingerprint density at radius 3 is 2.59 bits per heavy atom. The number of nitrogens with one attached hydrogen (secondary N) is 1. The predicted octanol–water partition coefficient (Wildman–Crippen LogP) is 2.32. The molecule has 160 valence electrons. The molecule has 3 N–H and O–H groups in total. The van der Waals surface area contributed by atoms with Crippen molar-refractivity contribution in [3.63, 3.8) is 0 Å². The van der Waals surface area contributed by atoms with Crippen LogP contribution in [0, 0.1) is 0 Å². The van der Waals surface area contributed by atoms with E-state index >= 15 is 0 Å². The summed E-state index contributed by atoms with van der Waals surface area (Å²) in [5, 5.41) is 12.0. The largest absolute Gasteiger partial charge is 0.480 e. The lowest BCUT2D eigenvalue weighted by Gasteiger charge is -2.25. The number of hydrogen-bond donors (Lipinski definition) is 3. The average molecular weight is 424 g/mol. The van der Waals surface area contributed by atoms with E-state index in [0.29, 0.717) is 24.8 Å². The van der Waals surface area contributed by atoms with Gasteiger partial charge in [-0.2, -0.15) is 0 Å². The maximum atomic E-state index is 12.8. The Balaban J connectivity index is 2.02. The van der Waals surface area contributed by atoms with Crippen molar-refractivity contribution in [2.24, 2.45) is 0 Å². The van der Waals surface area contributed by atoms with Crippen molar-refractivity contribution < 1.29 is 28.9 Å². The molecule has 1 aliphatic heterocycles. The summed E-state index contributed by atoms with van der Waals surface area (Å²) in [5.41, 5.74) is 0.458. The number of likely N-dealkylation sites (tertiary alicyclic amines) is 1. The van der Waals surface area contributed by atoms with E-state index in [4.69, 9.17) is 0 Å². The zero-order chi connectivity index (χ0) is 21.4. The summed E-state index contributed by atoms with van der Waals surface area (Å²) >= 11 is 0. The van der Waals surface area contributed by atoms with E-state index in [2.05, 4.69) is 5.32 Å². The van der Waals surface area contributed by atoms with Gasteiger partial charge in [-0.15, -0.1) is 0 Å². The molecule has 1 fully saturated rings. The topological polar surface area (TPSA) is 124 Å². The quantitative estimate of drug-likeness (QED) is 0.495. The zero-order valence-corrected chi connectivity index (χ0v) is 17.5. The Bertz CT molecular complexity index is 769. The van der Waals surface area contributed by atoms with Gasteiger partial charge in [0.05, 0.1) is 0 Å². The first-order valence-electron chi connectivity index (χ1n) is 9.92. The highest BCUT2D eigenvalue weighted by molar-refractivity contribution is 7.59. The SMILES string of the molecule is CCCC[C@@H](CP(=O)(O)CC(=O)N1CCC[C@H]1C(=O)O)NC(=O)c1ccccc1. The van der Waals surface area contributed by atoms with Crippen molar-refractivity contribution in [3.8, 4) is 0 Å². The van der Waals surface area contributed by atoms with Gasteiger partial charge in [0.1, 0.15) is 12.2 Å². The molecule has 0 bridgehead atoms. The highest BCUT2D eigenvalue weighted by atomic mass is 31.2. The summed E-state index contributed by atoms with van der Waals surface area (Å²) in [7, 11) is -3.90. The molecule has 0 radical (unpaired) electrons. The molecule has 9 heteroatoms. The molecule has 2 amide bonds. The lowest BCUT2D eigenvalue weighted by molar-refractivity contribution is -0.147. The number of nitrogens with zero attached hydrogens (tertiary/aromatic N) is 1. The van der Waals surface area contributed by atoms with Crippen LogP contribution in [-0.4, -0.2) is 63.6 Å². The molecular formula is C20H29N2O6P. The zero-order valence-electron chi connectivity index (χ0n) is 16.6. The van der Waals surface area contributed by atoms with Crippen LogP contribution >= 0.6 is 7.37 Å². The predicted molar refractivity (Wildman–Crippen MR) is 109 cm³/mol. The Kier molecular flexibility index (Phi) is 8.41. The van der Waals surface area contributed by atoms with Crippen molar-refractivity contribution >= 4 is 25.2 Å². The molecule has 1 saturated heterocycles. The maximum Gasteiger partial charge on any atom is 0.326 e. The second-order valence-corrected chi connectivity index (χ2v) is 9.82. The number of benzene rings is 1. The highest BCUT2D eigenvalue weighted by Gasteiger charge is 2.37. The summed E-state index contributed by atoms with van der Waals surface area (Å²) in [6, 6.07) is 7.11. The van der Waals surface area contributed by atoms with Crippen LogP contribution in [0.5, 0.6) is 0 Å². The number of aliphatic carboxylic acids is 1. The Labute approximate surface area is 170 Å². The molecule has 0 saturated carbocycles. The molecule has 0 aromatic heterocycles. The second kappa shape index (κ2) is 10.6. The van der Waals surface area contributed by atoms with Crippen molar-refractivity contribution in [2.75, 3.05) is 18.9 Å². The third-order valence-electron chi connectivity index (χ3n) is 5.02. The number of hydrogen-bond acceptors (Lipinski definition) is 4. The van der Waals surface area contributed by atoms with Crippen LogP contribution in [0.25, 0.3) is 0 Å². The minimum Gasteiger partial charge on any atom is -0.480 e. The van der Waals surface area contributed by atoms with Gasteiger partial charge in [-0.1, -0.05) is 38.0 Å². The maximum absolute atomic E-state index is 12.8. The van der Waals surface area contributed by atoms with Gasteiger partial charge in [0.15, 0.2) is 0 Å². The minimum absolute atomic E-state index is 0.219. The van der Waals surface area contributed by atoms with Crippen molar-refractivity contribution in [2.45, 2.75) is 51.1 Å². The average Bonchev–Trinajstić information content (AvgIpc) is 3.16. The molecular weight excluding hydrogens is 395 g/mol. The van der Waals surface area contributed by atoms with E-state index in [9.17, 15) is 28.9 Å². The number of amides is 2. The van der Waals surface area contributed by atoms with E-state index < -0.39 is 37.5 Å². The Morgan fingerprint density at radius 2 is 1.97 bits per heavy atom. The second-order valence-electron chi connectivity index (χ2n) is 7.45. The molecule has 0 spiro atoms. The van der Waals surface area contributed by atoms with E-state index in [1.165, 1.54) is 4.90 Å². The smallest absolute Gasteiger partial charge is 0.326 e. The molecule has 3 atom stereocenters. The molecule has 1 aromatic rings. The fraction of sp³-hybridized carbons (Fsp3) is 0.550. The monoisotopic (exact) mass is 424 g/mol. The summed E-state index contributed by atoms with van der Waals surface area (Å²) in [6.45, 7) is 2.26. The standard InChI is InChI=1S/C20H29N2O6P/c1-2-3-10-16(21-19(24)15-8-5-4-6-9-15)13-29(27,28)14-18(23)22-12-7-11-17(22)20(25)26/h4-6,8-9,16-17H,2-3,7,10-14H2,1H3,(H,21,24)(H,25,26)(H,27,28)/t16-,17-/m0/s1. The Morgan fingerprint density at radius 1 is 1.28 bits per heavy atom. The van der Waals surface area contributed by atoms with Gasteiger partial charge >= 0.3 is 5.97 Å². The number of rotatable bonds is 10. The van der Waals surface area contributed by atoms with Gasteiger partial charge in [0, 0.05) is 24.3 Å². The summed E-state index contributed by atoms with van der Waals surface area (Å²) < 4.78 is 12.8. The van der Waals surface area contributed by atoms with E-state index in [1.54, 1.807) is 30.3 Å². The molecule has 1 heterocycles. The summed E-state index contributed by atoms with van der Waals surface area (Å²) in [6.07, 6.45) is 2.23. The normalized spacial score (nSPS) is 19.4. The molecule has 0 aliphatic carbocycles. The van der Waals surface area contributed by atoms with E-state index in [1.807, 2.05) is 6.92 Å². The van der Waals surface area contributed by atoms with Crippen molar-refractivity contribution in [1.29, 1.82) is 0 Å². The van der Waals surface area contributed by atoms with Crippen LogP contribution in [-0.2, 0) is 14.2 Å². The number of unbranched alkanes of at least 4 members (excludes halogenated alkanes) is 1. The van der Waals surface area contributed by atoms with Gasteiger partial charge in [-0.3, -0.25) is 14.2 Å². The highest BCUT2D eigenvalue weighted by Crippen LogP contribution is 2.42. The van der Waals surface area contributed by atoms with E-state index in [0.717, 1.165) is 12.8 Å². The van der Waals surface area contributed by atoms with Crippen LogP contribution in [0.2, 0.25) is 0 Å². The molecule has 29 heavy (non-hydrogen) atoms. The van der Waals surface area contributed by atoms with Gasteiger partial charge < -0.3 is 20.2 Å². The van der Waals surface area contributed by atoms with Gasteiger partial charge in [0.2, 0.25) is 13.3 Å². The molecule has 1 aromatic carbocycles. The molecule has 2 rings (SSSR count). The summed E-state index contributed by atoms with van der Waals surface area (Å²) in [5.74, 6) is -2.05. The van der Waals surface area contributed by atoms with Gasteiger partial charge in [0.25, 0.3) is 5.91 Å². The van der Waals surface area contributed by atoms with Crippen molar-refractivity contribution in [1.82, 2.24) is 10.2 Å². The van der Waals surface area contributed by atoms with Crippen LogP contribution in [0.3, 0.4) is 0 Å². The third kappa shape index (κ3) is 6.98. The minimum atomic E-state index is -3.90. The van der Waals surface area contributed by atoms with Gasteiger partial charge in [-0.25, -0.2) is 4.79 Å². The molecule has 1 aliphatic rings. The Hall–Kier alpha value is -2.18. The number of carboxylic acids is 1. The third-order valence-corrected chi connectivity index (χ3v) is 6.80. The fourth-order valence-electron chi connectivity index (χ4n) is 3.55. The summed E-state index contributed by atoms with van der Waals surface area (Å²) in [4.78, 5) is 47.8. The number of carboxylic acid groups (broad SMARTS) is 1. The van der Waals surface area contributed by atoms with Crippen LogP contribution < -0.4 is 5.32 Å². The first-order chi connectivity index (χ1) is 13.7. The van der Waals surface area contributed by atoms with Crippen LogP contribution in [0.4, 0.5) is 0 Å². The van der Waals surface area contributed by atoms with Crippen LogP contribution in [0.1, 0.15) is 49.4 Å². The molecule has 8 nitrogen and oxygen atoms in total. The van der Waals surface area contributed by atoms with Crippen molar-refractivity contribution in [3.05, 3.63) is 35.9 Å². The van der Waals surface area contributed by atoms with Gasteiger partial charge in [-0.05, 0) is 31.4 Å². The van der Waals surface area contributed by atoms with E-state index in [-0.39, 0.29) is 18.6 Å². The first kappa shape index (κ1) is 23.1. The van der Waals surface area contributed by atoms with Crippen LogP contribution in [0.15, 0.2) is 30.3 Å². The first-order valence-corrected chi connectivity index (χ1v) is 12.0. The number of carbonyl (C=O) groups excluding carboxylic acids is 2. The molecule has 1 unspecified atom stereocenters. The fourth-order valence-corrected chi connectivity index (χ4v) is 5.25.